The highest BCUT2D eigenvalue weighted by atomic mass is 16.5. The van der Waals surface area contributed by atoms with Gasteiger partial charge in [-0.1, -0.05) is 48.5 Å². The molecule has 3 aromatic carbocycles. The number of carbonyl (C=O) groups excluding carboxylic acids is 3. The number of ether oxygens (including phenoxy) is 2. The molecule has 0 radical (unpaired) electrons. The van der Waals surface area contributed by atoms with Gasteiger partial charge in [-0.05, 0) is 24.3 Å². The van der Waals surface area contributed by atoms with Gasteiger partial charge in [-0.2, -0.15) is 0 Å². The molecule has 1 aliphatic rings. The third kappa shape index (κ3) is 3.73. The van der Waals surface area contributed by atoms with Gasteiger partial charge in [-0.15, -0.1) is 0 Å². The van der Waals surface area contributed by atoms with Crippen LogP contribution in [0.4, 0.5) is 5.69 Å². The van der Waals surface area contributed by atoms with Crippen molar-refractivity contribution in [2.75, 3.05) is 11.9 Å². The van der Waals surface area contributed by atoms with Gasteiger partial charge in [0.15, 0.2) is 6.61 Å². The maximum atomic E-state index is 12.9. The van der Waals surface area contributed by atoms with Crippen LogP contribution < -0.4 is 15.8 Å². The second-order valence-corrected chi connectivity index (χ2v) is 6.68. The van der Waals surface area contributed by atoms with Gasteiger partial charge < -0.3 is 20.5 Å². The van der Waals surface area contributed by atoms with E-state index in [1.807, 2.05) is 24.3 Å². The summed E-state index contributed by atoms with van der Waals surface area (Å²) in [4.78, 5) is 36.7. The number of anilines is 1. The Hall–Kier alpha value is -4.13. The van der Waals surface area contributed by atoms with Crippen LogP contribution in [-0.2, 0) is 14.3 Å². The fourth-order valence-corrected chi connectivity index (χ4v) is 3.38. The van der Waals surface area contributed by atoms with Gasteiger partial charge in [0.05, 0.1) is 11.3 Å². The largest absolute Gasteiger partial charge is 0.457 e. The number of nitrogens with two attached hydrogens (primary N) is 1. The smallest absolute Gasteiger partial charge is 0.318 e. The number of rotatable bonds is 5. The normalized spacial score (nSPS) is 12.1. The fourth-order valence-electron chi connectivity index (χ4n) is 3.38. The fraction of sp³-hybridized carbons (Fsp3) is 0.0870. The van der Waals surface area contributed by atoms with Crippen molar-refractivity contribution >= 4 is 23.5 Å². The third-order valence-electron chi connectivity index (χ3n) is 4.73. The zero-order chi connectivity index (χ0) is 21.1. The number of carbonyl (C=O) groups is 3. The highest BCUT2D eigenvalue weighted by Gasteiger charge is 2.33. The highest BCUT2D eigenvalue weighted by Crippen LogP contribution is 2.44. The molecular formula is C23H18N2O5. The van der Waals surface area contributed by atoms with E-state index >= 15 is 0 Å². The van der Waals surface area contributed by atoms with Crippen molar-refractivity contribution in [2.45, 2.75) is 5.92 Å². The summed E-state index contributed by atoms with van der Waals surface area (Å²) in [6, 6.07) is 20.7. The van der Waals surface area contributed by atoms with Crippen LogP contribution in [0.15, 0.2) is 72.8 Å². The molecule has 150 valence electrons. The van der Waals surface area contributed by atoms with Gasteiger partial charge in [0, 0.05) is 11.1 Å². The molecule has 0 saturated carbocycles. The molecule has 0 aromatic heterocycles. The Morgan fingerprint density at radius 1 is 0.867 bits per heavy atom. The van der Waals surface area contributed by atoms with E-state index in [0.29, 0.717) is 22.6 Å². The summed E-state index contributed by atoms with van der Waals surface area (Å²) < 4.78 is 11.2. The Balaban J connectivity index is 1.50. The van der Waals surface area contributed by atoms with Crippen LogP contribution >= 0.6 is 0 Å². The number of para-hydroxylation sites is 3. The summed E-state index contributed by atoms with van der Waals surface area (Å²) in [7, 11) is 0. The van der Waals surface area contributed by atoms with Crippen molar-refractivity contribution in [3.05, 3.63) is 89.5 Å². The molecule has 4 rings (SSSR count). The number of benzene rings is 3. The summed E-state index contributed by atoms with van der Waals surface area (Å²) in [6.45, 7) is -0.506. The summed E-state index contributed by atoms with van der Waals surface area (Å²) in [6.07, 6.45) is 0. The molecule has 0 fully saturated rings. The topological polar surface area (TPSA) is 108 Å². The van der Waals surface area contributed by atoms with E-state index in [1.165, 1.54) is 6.07 Å². The standard InChI is InChI=1S/C23H18N2O5/c24-22(27)14-7-1-4-10-17(14)25-20(26)13-29-23(28)21-15-8-2-5-11-18(15)30-19-12-6-3-9-16(19)21/h1-12,21H,13H2,(H2,24,27)(H,25,26). The van der Waals surface area contributed by atoms with Crippen molar-refractivity contribution < 1.29 is 23.9 Å². The minimum absolute atomic E-state index is 0.171. The predicted octanol–water partition coefficient (Wildman–Crippen LogP) is 3.21. The Kier molecular flexibility index (Phi) is 5.17. The molecule has 0 aliphatic carbocycles. The van der Waals surface area contributed by atoms with Crippen LogP contribution in [0.2, 0.25) is 0 Å². The summed E-state index contributed by atoms with van der Waals surface area (Å²) in [5.74, 6) is -1.40. The van der Waals surface area contributed by atoms with E-state index in [-0.39, 0.29) is 11.3 Å². The van der Waals surface area contributed by atoms with Gasteiger partial charge in [0.2, 0.25) is 0 Å². The Labute approximate surface area is 172 Å². The molecule has 3 aromatic rings. The van der Waals surface area contributed by atoms with Crippen molar-refractivity contribution in [3.8, 4) is 11.5 Å². The number of esters is 1. The van der Waals surface area contributed by atoms with Gasteiger partial charge in [-0.25, -0.2) is 0 Å². The molecule has 0 unspecified atom stereocenters. The first kappa shape index (κ1) is 19.2. The van der Waals surface area contributed by atoms with Crippen LogP contribution in [0.5, 0.6) is 11.5 Å². The van der Waals surface area contributed by atoms with Gasteiger partial charge in [-0.3, -0.25) is 14.4 Å². The maximum absolute atomic E-state index is 12.9. The summed E-state index contributed by atoms with van der Waals surface area (Å²) in [5, 5.41) is 2.55. The summed E-state index contributed by atoms with van der Waals surface area (Å²) in [5.41, 5.74) is 7.08. The Morgan fingerprint density at radius 3 is 2.07 bits per heavy atom. The van der Waals surface area contributed by atoms with Crippen LogP contribution in [-0.4, -0.2) is 24.4 Å². The van der Waals surface area contributed by atoms with Crippen molar-refractivity contribution in [1.82, 2.24) is 0 Å². The van der Waals surface area contributed by atoms with E-state index < -0.39 is 30.3 Å². The van der Waals surface area contributed by atoms with E-state index in [2.05, 4.69) is 5.32 Å². The number of amides is 2. The van der Waals surface area contributed by atoms with Crippen LogP contribution in [0.1, 0.15) is 27.4 Å². The average molecular weight is 402 g/mol. The molecule has 7 nitrogen and oxygen atoms in total. The van der Waals surface area contributed by atoms with Crippen LogP contribution in [0.3, 0.4) is 0 Å². The molecule has 1 heterocycles. The number of fused-ring (bicyclic) bond motifs is 2. The maximum Gasteiger partial charge on any atom is 0.318 e. The van der Waals surface area contributed by atoms with Crippen LogP contribution in [0, 0.1) is 0 Å². The molecule has 7 heteroatoms. The molecule has 3 N–H and O–H groups in total. The number of hydrogen-bond acceptors (Lipinski definition) is 5. The first-order valence-corrected chi connectivity index (χ1v) is 9.25. The minimum atomic E-state index is -0.711. The first-order chi connectivity index (χ1) is 14.5. The molecule has 1 aliphatic heterocycles. The van der Waals surface area contributed by atoms with Crippen LogP contribution in [0.25, 0.3) is 0 Å². The first-order valence-electron chi connectivity index (χ1n) is 9.25. The third-order valence-corrected chi connectivity index (χ3v) is 4.73. The molecular weight excluding hydrogens is 384 g/mol. The lowest BCUT2D eigenvalue weighted by molar-refractivity contribution is -0.148. The second kappa shape index (κ2) is 8.08. The zero-order valence-electron chi connectivity index (χ0n) is 15.8. The zero-order valence-corrected chi connectivity index (χ0v) is 15.8. The van der Waals surface area contributed by atoms with E-state index in [4.69, 9.17) is 15.2 Å². The van der Waals surface area contributed by atoms with Crippen molar-refractivity contribution in [3.63, 3.8) is 0 Å². The Morgan fingerprint density at radius 2 is 1.43 bits per heavy atom. The number of primary amides is 1. The lowest BCUT2D eigenvalue weighted by atomic mass is 9.88. The predicted molar refractivity (Wildman–Crippen MR) is 109 cm³/mol. The quantitative estimate of drug-likeness (QED) is 0.637. The summed E-state index contributed by atoms with van der Waals surface area (Å²) >= 11 is 0. The lowest BCUT2D eigenvalue weighted by Crippen LogP contribution is -2.26. The van der Waals surface area contributed by atoms with Gasteiger partial charge in [0.1, 0.15) is 17.4 Å². The van der Waals surface area contributed by atoms with Gasteiger partial charge in [0.25, 0.3) is 11.8 Å². The van der Waals surface area contributed by atoms with E-state index in [0.717, 1.165) is 0 Å². The minimum Gasteiger partial charge on any atom is -0.457 e. The average Bonchev–Trinajstić information content (AvgIpc) is 2.76. The van der Waals surface area contributed by atoms with Crippen molar-refractivity contribution in [2.24, 2.45) is 5.73 Å². The molecule has 30 heavy (non-hydrogen) atoms. The second-order valence-electron chi connectivity index (χ2n) is 6.68. The number of hydrogen-bond donors (Lipinski definition) is 2. The monoisotopic (exact) mass is 402 g/mol. The van der Waals surface area contributed by atoms with Gasteiger partial charge >= 0.3 is 5.97 Å². The highest BCUT2D eigenvalue weighted by molar-refractivity contribution is 6.03. The molecule has 2 amide bonds. The lowest BCUT2D eigenvalue weighted by Gasteiger charge is -2.26. The molecule has 0 spiro atoms. The number of nitrogens with one attached hydrogen (secondary N) is 1. The SMILES string of the molecule is NC(=O)c1ccccc1NC(=O)COC(=O)C1c2ccccc2Oc2ccccc21. The molecule has 0 atom stereocenters. The molecule has 0 saturated heterocycles. The van der Waals surface area contributed by atoms with E-state index in [1.54, 1.807) is 42.5 Å². The Bertz CT molecular complexity index is 1100. The molecule has 0 bridgehead atoms. The van der Waals surface area contributed by atoms with E-state index in [9.17, 15) is 14.4 Å². The van der Waals surface area contributed by atoms with Crippen molar-refractivity contribution in [1.29, 1.82) is 0 Å².